The lowest BCUT2D eigenvalue weighted by Gasteiger charge is -2.37. The summed E-state index contributed by atoms with van der Waals surface area (Å²) in [7, 11) is 1.49. The van der Waals surface area contributed by atoms with Gasteiger partial charge in [0.25, 0.3) is 0 Å². The molecule has 0 radical (unpaired) electrons. The molecule has 3 N–H and O–H groups in total. The number of hydrogen-bond acceptors (Lipinski definition) is 6. The van der Waals surface area contributed by atoms with Crippen molar-refractivity contribution in [2.45, 2.75) is 52.6 Å². The van der Waals surface area contributed by atoms with Crippen LogP contribution in [0, 0.1) is 6.92 Å². The Morgan fingerprint density at radius 3 is 2.23 bits per heavy atom. The molecule has 1 heterocycles. The highest BCUT2D eigenvalue weighted by atomic mass is 16.6. The van der Waals surface area contributed by atoms with Crippen molar-refractivity contribution < 1.29 is 33.8 Å². The second-order valence-corrected chi connectivity index (χ2v) is 11.5. The van der Waals surface area contributed by atoms with Crippen LogP contribution in [0.25, 0.3) is 0 Å². The van der Waals surface area contributed by atoms with E-state index in [0.29, 0.717) is 34.1 Å². The lowest BCUT2D eigenvalue weighted by atomic mass is 10.0. The molecule has 0 saturated carbocycles. The number of para-hydroxylation sites is 1. The molecule has 3 aromatic rings. The van der Waals surface area contributed by atoms with Gasteiger partial charge in [0, 0.05) is 25.2 Å². The molecular weight excluding hydrogens is 564 g/mol. The Bertz CT molecular complexity index is 1560. The highest BCUT2D eigenvalue weighted by molar-refractivity contribution is 6.04. The second-order valence-electron chi connectivity index (χ2n) is 11.5. The molecule has 11 heteroatoms. The third kappa shape index (κ3) is 8.06. The number of urea groups is 1. The summed E-state index contributed by atoms with van der Waals surface area (Å²) in [5.41, 5.74) is 3.76. The number of carboxylic acid groups (broad SMARTS) is 1. The zero-order valence-corrected chi connectivity index (χ0v) is 25.6. The highest BCUT2D eigenvalue weighted by Crippen LogP contribution is 2.36. The predicted molar refractivity (Wildman–Crippen MR) is 169 cm³/mol. The van der Waals surface area contributed by atoms with Crippen molar-refractivity contribution in [3.63, 3.8) is 0 Å². The topological polar surface area (TPSA) is 138 Å². The van der Waals surface area contributed by atoms with Gasteiger partial charge < -0.3 is 30.1 Å². The van der Waals surface area contributed by atoms with Crippen LogP contribution in [0.4, 0.5) is 32.3 Å². The van der Waals surface area contributed by atoms with Crippen LogP contribution in [-0.2, 0) is 27.2 Å². The molecule has 0 aromatic heterocycles. The van der Waals surface area contributed by atoms with Gasteiger partial charge in [-0.3, -0.25) is 14.5 Å². The largest absolute Gasteiger partial charge is 0.495 e. The molecule has 11 nitrogen and oxygen atoms in total. The van der Waals surface area contributed by atoms with E-state index in [1.807, 2.05) is 31.2 Å². The number of carboxylic acids is 1. The fraction of sp³-hybridized carbons (Fsp3) is 0.333. The van der Waals surface area contributed by atoms with Crippen LogP contribution in [0.3, 0.4) is 0 Å². The lowest BCUT2D eigenvalue weighted by molar-refractivity contribution is -0.137. The van der Waals surface area contributed by atoms with Crippen molar-refractivity contribution in [1.29, 1.82) is 0 Å². The molecule has 0 atom stereocenters. The van der Waals surface area contributed by atoms with Crippen LogP contribution in [0.1, 0.15) is 43.9 Å². The minimum absolute atomic E-state index is 0.0404. The summed E-state index contributed by atoms with van der Waals surface area (Å²) in [6.07, 6.45) is -0.283. The minimum atomic E-state index is -0.924. The normalized spacial score (nSPS) is 12.7. The van der Waals surface area contributed by atoms with E-state index >= 15 is 0 Å². The zero-order chi connectivity index (χ0) is 32.0. The Hall–Kier alpha value is -5.06. The van der Waals surface area contributed by atoms with Crippen molar-refractivity contribution in [1.82, 2.24) is 0 Å². The van der Waals surface area contributed by atoms with E-state index < -0.39 is 23.7 Å². The predicted octanol–water partition coefficient (Wildman–Crippen LogP) is 6.00. The first-order valence-electron chi connectivity index (χ1n) is 14.3. The summed E-state index contributed by atoms with van der Waals surface area (Å²) in [5.74, 6) is -0.728. The maximum atomic E-state index is 13.6. The van der Waals surface area contributed by atoms with Crippen LogP contribution >= 0.6 is 0 Å². The van der Waals surface area contributed by atoms with Crippen LogP contribution in [0.5, 0.6) is 5.75 Å². The third-order valence-corrected chi connectivity index (χ3v) is 6.97. The van der Waals surface area contributed by atoms with E-state index in [1.165, 1.54) is 12.0 Å². The van der Waals surface area contributed by atoms with Gasteiger partial charge in [0.15, 0.2) is 0 Å². The molecule has 3 aromatic carbocycles. The van der Waals surface area contributed by atoms with Gasteiger partial charge in [0.2, 0.25) is 5.91 Å². The van der Waals surface area contributed by atoms with Gasteiger partial charge >= 0.3 is 18.1 Å². The second kappa shape index (κ2) is 13.5. The van der Waals surface area contributed by atoms with E-state index in [0.717, 1.165) is 11.1 Å². The standard InChI is InChI=1S/C33H38N4O7/c1-21-8-6-7-9-24(21)34-31(41)35-25-13-10-23(19-28(25)43-5)20-29(38)36-16-17-37(32(42)44-33(2,3)4)27-18-22(11-14-26(27)36)12-15-30(39)40/h6-11,13-14,18-19H,12,15-17,20H2,1-5H3,(H,39,40)(H2,34,35,41). The monoisotopic (exact) mass is 602 g/mol. The van der Waals surface area contributed by atoms with Gasteiger partial charge in [-0.15, -0.1) is 0 Å². The summed E-state index contributed by atoms with van der Waals surface area (Å²) < 4.78 is 11.1. The Kier molecular flexibility index (Phi) is 9.77. The van der Waals surface area contributed by atoms with Crippen molar-refractivity contribution in [3.8, 4) is 5.75 Å². The molecule has 0 fully saturated rings. The van der Waals surface area contributed by atoms with Crippen molar-refractivity contribution >= 4 is 46.8 Å². The number of ether oxygens (including phenoxy) is 2. The van der Waals surface area contributed by atoms with E-state index in [2.05, 4.69) is 10.6 Å². The number of carbonyl (C=O) groups is 4. The molecule has 1 aliphatic rings. The zero-order valence-electron chi connectivity index (χ0n) is 25.6. The summed E-state index contributed by atoms with van der Waals surface area (Å²) in [5, 5.41) is 14.7. The Balaban J connectivity index is 1.52. The molecule has 0 saturated heterocycles. The average Bonchev–Trinajstić information content (AvgIpc) is 2.96. The Morgan fingerprint density at radius 2 is 1.55 bits per heavy atom. The summed E-state index contributed by atoms with van der Waals surface area (Å²) >= 11 is 0. The number of fused-ring (bicyclic) bond motifs is 1. The quantitative estimate of drug-likeness (QED) is 0.288. The smallest absolute Gasteiger partial charge is 0.414 e. The summed E-state index contributed by atoms with van der Waals surface area (Å²) in [6.45, 7) is 7.69. The first kappa shape index (κ1) is 31.9. The third-order valence-electron chi connectivity index (χ3n) is 6.97. The van der Waals surface area contributed by atoms with Crippen LogP contribution in [0.15, 0.2) is 60.7 Å². The van der Waals surface area contributed by atoms with Crippen LogP contribution in [0.2, 0.25) is 0 Å². The van der Waals surface area contributed by atoms with Crippen LogP contribution < -0.4 is 25.2 Å². The molecule has 0 spiro atoms. The highest BCUT2D eigenvalue weighted by Gasteiger charge is 2.33. The molecular formula is C33H38N4O7. The van der Waals surface area contributed by atoms with Crippen molar-refractivity contribution in [2.24, 2.45) is 0 Å². The van der Waals surface area contributed by atoms with Crippen molar-refractivity contribution in [3.05, 3.63) is 77.4 Å². The van der Waals surface area contributed by atoms with E-state index in [4.69, 9.17) is 14.6 Å². The van der Waals surface area contributed by atoms with Gasteiger partial charge in [-0.2, -0.15) is 0 Å². The maximum Gasteiger partial charge on any atom is 0.414 e. The van der Waals surface area contributed by atoms with Gasteiger partial charge in [-0.25, -0.2) is 9.59 Å². The number of aryl methyl sites for hydroxylation is 2. The first-order chi connectivity index (χ1) is 20.8. The Labute approximate surface area is 256 Å². The fourth-order valence-corrected chi connectivity index (χ4v) is 4.83. The summed E-state index contributed by atoms with van der Waals surface area (Å²) in [6, 6.07) is 17.4. The number of amides is 4. The molecule has 0 bridgehead atoms. The van der Waals surface area contributed by atoms with E-state index in [1.54, 1.807) is 62.1 Å². The average molecular weight is 603 g/mol. The van der Waals surface area contributed by atoms with Gasteiger partial charge in [-0.05, 0) is 81.1 Å². The molecule has 1 aliphatic heterocycles. The number of aliphatic carboxylic acids is 1. The minimum Gasteiger partial charge on any atom is -0.495 e. The van der Waals surface area contributed by atoms with Gasteiger partial charge in [0.05, 0.1) is 30.6 Å². The van der Waals surface area contributed by atoms with Crippen LogP contribution in [-0.4, -0.2) is 54.9 Å². The molecule has 4 rings (SSSR count). The SMILES string of the molecule is COc1cc(CC(=O)N2CCN(C(=O)OC(C)(C)C)c3cc(CCC(=O)O)ccc32)ccc1NC(=O)Nc1ccccc1C. The number of methoxy groups -OCH3 is 1. The number of nitrogens with one attached hydrogen (secondary N) is 2. The molecule has 44 heavy (non-hydrogen) atoms. The number of rotatable bonds is 8. The Morgan fingerprint density at radius 1 is 0.864 bits per heavy atom. The summed E-state index contributed by atoms with van der Waals surface area (Å²) in [4.78, 5) is 53.6. The van der Waals surface area contributed by atoms with Gasteiger partial charge in [0.1, 0.15) is 11.4 Å². The first-order valence-corrected chi connectivity index (χ1v) is 14.3. The van der Waals surface area contributed by atoms with E-state index in [-0.39, 0.29) is 38.3 Å². The molecule has 0 aliphatic carbocycles. The number of carbonyl (C=O) groups excluding carboxylic acids is 3. The van der Waals surface area contributed by atoms with Crippen molar-refractivity contribution in [2.75, 3.05) is 40.6 Å². The lowest BCUT2D eigenvalue weighted by Crippen LogP contribution is -2.48. The molecule has 4 amide bonds. The fourth-order valence-electron chi connectivity index (χ4n) is 4.83. The molecule has 0 unspecified atom stereocenters. The number of anilines is 4. The number of benzene rings is 3. The molecule has 232 valence electrons. The number of hydrogen-bond donors (Lipinski definition) is 3. The van der Waals surface area contributed by atoms with Gasteiger partial charge in [-0.1, -0.05) is 30.3 Å². The maximum absolute atomic E-state index is 13.6. The number of nitrogens with zero attached hydrogens (tertiary/aromatic N) is 2. The van der Waals surface area contributed by atoms with E-state index in [9.17, 15) is 19.2 Å².